The Balaban J connectivity index is 1.74. The second kappa shape index (κ2) is 7.39. The number of carbonyl (C=O) groups is 1. The molecule has 156 valence electrons. The molecule has 5 nitrogen and oxygen atoms in total. The molecule has 0 fully saturated rings. The van der Waals surface area contributed by atoms with Gasteiger partial charge in [0.25, 0.3) is 10.0 Å². The number of aryl methyl sites for hydroxylation is 1. The lowest BCUT2D eigenvalue weighted by molar-refractivity contribution is -0.131. The summed E-state index contributed by atoms with van der Waals surface area (Å²) in [6.07, 6.45) is 0.503. The van der Waals surface area contributed by atoms with Crippen LogP contribution >= 0.6 is 0 Å². The third-order valence-corrected chi connectivity index (χ3v) is 7.66. The minimum absolute atomic E-state index is 0.204. The molecular weight excluding hydrogens is 410 g/mol. The molecule has 0 N–H and O–H groups in total. The SMILES string of the molecule is Cc1ccc(S(=O)(=O)N2CC[C@@H]3C(=C2c2ccccc2)C(=O)Oc2ccccc23)cc1. The highest BCUT2D eigenvalue weighted by molar-refractivity contribution is 7.89. The normalized spacial score (nSPS) is 18.3. The van der Waals surface area contributed by atoms with Crippen molar-refractivity contribution in [3.8, 4) is 5.75 Å². The molecule has 0 saturated carbocycles. The van der Waals surface area contributed by atoms with Crippen molar-refractivity contribution in [3.63, 3.8) is 0 Å². The first-order valence-electron chi connectivity index (χ1n) is 10.2. The van der Waals surface area contributed by atoms with Gasteiger partial charge in [-0.1, -0.05) is 66.2 Å². The Morgan fingerprint density at radius 3 is 2.32 bits per heavy atom. The fourth-order valence-electron chi connectivity index (χ4n) is 4.34. The van der Waals surface area contributed by atoms with E-state index in [1.807, 2.05) is 55.5 Å². The van der Waals surface area contributed by atoms with E-state index < -0.39 is 16.0 Å². The Morgan fingerprint density at radius 1 is 0.903 bits per heavy atom. The predicted molar refractivity (Wildman–Crippen MR) is 118 cm³/mol. The molecule has 3 aromatic rings. The quantitative estimate of drug-likeness (QED) is 0.452. The molecular formula is C25H21NO4S. The van der Waals surface area contributed by atoms with Crippen LogP contribution in [0.25, 0.3) is 5.70 Å². The second-order valence-corrected chi connectivity index (χ2v) is 9.65. The van der Waals surface area contributed by atoms with E-state index in [0.29, 0.717) is 29.0 Å². The largest absolute Gasteiger partial charge is 0.423 e. The Labute approximate surface area is 181 Å². The lowest BCUT2D eigenvalue weighted by Gasteiger charge is -2.39. The molecule has 1 atom stereocenters. The lowest BCUT2D eigenvalue weighted by atomic mass is 9.81. The van der Waals surface area contributed by atoms with Crippen molar-refractivity contribution >= 4 is 21.7 Å². The molecule has 0 aromatic heterocycles. The van der Waals surface area contributed by atoms with Crippen LogP contribution in [0.3, 0.4) is 0 Å². The van der Waals surface area contributed by atoms with Crippen LogP contribution in [-0.2, 0) is 14.8 Å². The van der Waals surface area contributed by atoms with Crippen LogP contribution < -0.4 is 4.74 Å². The first-order valence-corrected chi connectivity index (χ1v) is 11.6. The topological polar surface area (TPSA) is 63.7 Å². The van der Waals surface area contributed by atoms with Crippen LogP contribution in [0, 0.1) is 6.92 Å². The molecule has 0 saturated heterocycles. The lowest BCUT2D eigenvalue weighted by Crippen LogP contribution is -2.40. The highest BCUT2D eigenvalue weighted by Crippen LogP contribution is 2.47. The van der Waals surface area contributed by atoms with Gasteiger partial charge in [-0.05, 0) is 37.1 Å². The summed E-state index contributed by atoms with van der Waals surface area (Å²) < 4.78 is 34.3. The molecule has 2 heterocycles. The van der Waals surface area contributed by atoms with E-state index >= 15 is 0 Å². The van der Waals surface area contributed by atoms with Gasteiger partial charge in [0.2, 0.25) is 0 Å². The highest BCUT2D eigenvalue weighted by Gasteiger charge is 2.43. The van der Waals surface area contributed by atoms with Gasteiger partial charge in [0.05, 0.1) is 16.2 Å². The zero-order valence-corrected chi connectivity index (χ0v) is 17.8. The van der Waals surface area contributed by atoms with E-state index in [-0.39, 0.29) is 17.4 Å². The number of nitrogens with zero attached hydrogens (tertiary/aromatic N) is 1. The molecule has 0 bridgehead atoms. The van der Waals surface area contributed by atoms with Gasteiger partial charge in [-0.2, -0.15) is 0 Å². The van der Waals surface area contributed by atoms with E-state index in [0.717, 1.165) is 11.1 Å². The van der Waals surface area contributed by atoms with Gasteiger partial charge in [-0.3, -0.25) is 4.31 Å². The average Bonchev–Trinajstić information content (AvgIpc) is 2.79. The van der Waals surface area contributed by atoms with E-state index in [1.165, 1.54) is 4.31 Å². The minimum Gasteiger partial charge on any atom is -0.423 e. The van der Waals surface area contributed by atoms with Gasteiger partial charge in [0.1, 0.15) is 5.75 Å². The molecule has 2 aliphatic heterocycles. The number of para-hydroxylation sites is 1. The molecule has 0 aliphatic carbocycles. The zero-order chi connectivity index (χ0) is 21.6. The second-order valence-electron chi connectivity index (χ2n) is 7.79. The molecule has 0 unspecified atom stereocenters. The van der Waals surface area contributed by atoms with Crippen molar-refractivity contribution in [1.29, 1.82) is 0 Å². The molecule has 0 amide bonds. The predicted octanol–water partition coefficient (Wildman–Crippen LogP) is 4.50. The summed E-state index contributed by atoms with van der Waals surface area (Å²) in [7, 11) is -3.86. The number of fused-ring (bicyclic) bond motifs is 3. The van der Waals surface area contributed by atoms with Crippen molar-refractivity contribution in [2.75, 3.05) is 6.54 Å². The molecule has 2 aliphatic rings. The number of carbonyl (C=O) groups excluding carboxylic acids is 1. The van der Waals surface area contributed by atoms with Gasteiger partial charge >= 0.3 is 5.97 Å². The summed E-state index contributed by atoms with van der Waals surface area (Å²) in [4.78, 5) is 13.3. The van der Waals surface area contributed by atoms with Crippen LogP contribution in [0.2, 0.25) is 0 Å². The van der Waals surface area contributed by atoms with Crippen LogP contribution in [-0.4, -0.2) is 25.2 Å². The maximum atomic E-state index is 13.6. The maximum absolute atomic E-state index is 13.6. The van der Waals surface area contributed by atoms with Crippen LogP contribution in [0.1, 0.15) is 29.0 Å². The number of hydrogen-bond donors (Lipinski definition) is 0. The average molecular weight is 432 g/mol. The van der Waals surface area contributed by atoms with Gasteiger partial charge in [0, 0.05) is 18.0 Å². The molecule has 31 heavy (non-hydrogen) atoms. The van der Waals surface area contributed by atoms with E-state index in [9.17, 15) is 13.2 Å². The van der Waals surface area contributed by atoms with E-state index in [1.54, 1.807) is 30.3 Å². The third kappa shape index (κ3) is 3.24. The van der Waals surface area contributed by atoms with Gasteiger partial charge < -0.3 is 4.74 Å². The first-order chi connectivity index (χ1) is 15.0. The third-order valence-electron chi connectivity index (χ3n) is 5.85. The molecule has 3 aromatic carbocycles. The fraction of sp³-hybridized carbons (Fsp3) is 0.160. The smallest absolute Gasteiger partial charge is 0.342 e. The Hall–Kier alpha value is -3.38. The number of hydrogen-bond acceptors (Lipinski definition) is 4. The van der Waals surface area contributed by atoms with Crippen LogP contribution in [0.15, 0.2) is 89.3 Å². The highest BCUT2D eigenvalue weighted by atomic mass is 32.2. The van der Waals surface area contributed by atoms with Crippen molar-refractivity contribution in [2.24, 2.45) is 0 Å². The standard InChI is InChI=1S/C25H21NO4S/c1-17-11-13-19(14-12-17)31(28,29)26-16-15-21-20-9-5-6-10-22(20)30-25(27)23(21)24(26)18-7-3-2-4-8-18/h2-14,21H,15-16H2,1H3/t21-/m0/s1. The van der Waals surface area contributed by atoms with Crippen molar-refractivity contribution in [2.45, 2.75) is 24.2 Å². The Kier molecular flexibility index (Phi) is 4.67. The van der Waals surface area contributed by atoms with Crippen LogP contribution in [0.5, 0.6) is 5.75 Å². The maximum Gasteiger partial charge on any atom is 0.342 e. The summed E-state index contributed by atoms with van der Waals surface area (Å²) in [5.74, 6) is -0.160. The molecule has 5 rings (SSSR count). The van der Waals surface area contributed by atoms with Crippen molar-refractivity contribution in [3.05, 3.63) is 101 Å². The zero-order valence-electron chi connectivity index (χ0n) is 17.0. The minimum atomic E-state index is -3.86. The summed E-state index contributed by atoms with van der Waals surface area (Å²) in [6.45, 7) is 2.19. The molecule has 0 spiro atoms. The van der Waals surface area contributed by atoms with Gasteiger partial charge in [-0.25, -0.2) is 13.2 Å². The summed E-state index contributed by atoms with van der Waals surface area (Å²) in [5.41, 5.74) is 3.36. The number of ether oxygens (including phenoxy) is 1. The number of benzene rings is 3. The first kappa shape index (κ1) is 19.6. The summed E-state index contributed by atoms with van der Waals surface area (Å²) in [6, 6.07) is 23.4. The molecule has 0 radical (unpaired) electrons. The number of rotatable bonds is 3. The van der Waals surface area contributed by atoms with Crippen LogP contribution in [0.4, 0.5) is 0 Å². The van der Waals surface area contributed by atoms with E-state index in [4.69, 9.17) is 4.74 Å². The van der Waals surface area contributed by atoms with Gasteiger partial charge in [-0.15, -0.1) is 0 Å². The fourth-order valence-corrected chi connectivity index (χ4v) is 5.87. The van der Waals surface area contributed by atoms with E-state index in [2.05, 4.69) is 0 Å². The summed E-state index contributed by atoms with van der Waals surface area (Å²) in [5, 5.41) is 0. The Morgan fingerprint density at radius 2 is 1.58 bits per heavy atom. The van der Waals surface area contributed by atoms with Crippen molar-refractivity contribution < 1.29 is 17.9 Å². The number of sulfonamides is 1. The summed E-state index contributed by atoms with van der Waals surface area (Å²) >= 11 is 0. The Bertz CT molecular complexity index is 1290. The van der Waals surface area contributed by atoms with Gasteiger partial charge in [0.15, 0.2) is 0 Å². The molecule has 6 heteroatoms. The monoisotopic (exact) mass is 431 g/mol. The van der Waals surface area contributed by atoms with Crippen molar-refractivity contribution in [1.82, 2.24) is 4.31 Å². The number of esters is 1.